The summed E-state index contributed by atoms with van der Waals surface area (Å²) >= 11 is 2.01. The quantitative estimate of drug-likeness (QED) is 0.873. The van der Waals surface area contributed by atoms with Crippen molar-refractivity contribution >= 4 is 11.3 Å². The average molecular weight is 278 g/mol. The van der Waals surface area contributed by atoms with Gasteiger partial charge < -0.3 is 5.73 Å². The van der Waals surface area contributed by atoms with E-state index in [2.05, 4.69) is 0 Å². The first kappa shape index (κ1) is 13.6. The highest BCUT2D eigenvalue weighted by Crippen LogP contribution is 2.39. The number of thiazole rings is 1. The van der Waals surface area contributed by atoms with Crippen LogP contribution in [0.25, 0.3) is 0 Å². The fourth-order valence-corrected chi connectivity index (χ4v) is 5.00. The molecule has 3 heteroatoms. The number of fused-ring (bicyclic) bond motifs is 1. The molecule has 3 rings (SSSR count). The molecule has 106 valence electrons. The summed E-state index contributed by atoms with van der Waals surface area (Å²) in [7, 11) is 0. The highest BCUT2D eigenvalue weighted by molar-refractivity contribution is 7.11. The summed E-state index contributed by atoms with van der Waals surface area (Å²) in [5, 5.41) is 1.44. The molecule has 1 aromatic heterocycles. The van der Waals surface area contributed by atoms with Gasteiger partial charge in [0, 0.05) is 23.3 Å². The Bertz CT molecular complexity index is 405. The minimum Gasteiger partial charge on any atom is -0.330 e. The maximum absolute atomic E-state index is 5.92. The van der Waals surface area contributed by atoms with Crippen LogP contribution in [0.3, 0.4) is 0 Å². The molecule has 1 aromatic rings. The van der Waals surface area contributed by atoms with Crippen LogP contribution in [0, 0.1) is 0 Å². The predicted molar refractivity (Wildman–Crippen MR) is 81.9 cm³/mol. The fourth-order valence-electron chi connectivity index (χ4n) is 3.63. The van der Waals surface area contributed by atoms with E-state index in [1.165, 1.54) is 74.9 Å². The summed E-state index contributed by atoms with van der Waals surface area (Å²) in [6, 6.07) is 0. The molecule has 1 unspecified atom stereocenters. The van der Waals surface area contributed by atoms with Crippen molar-refractivity contribution in [3.8, 4) is 0 Å². The molecule has 0 aliphatic heterocycles. The van der Waals surface area contributed by atoms with Crippen LogP contribution >= 0.6 is 11.3 Å². The first-order valence-electron chi connectivity index (χ1n) is 8.08. The normalized spacial score (nSPS) is 25.6. The monoisotopic (exact) mass is 278 g/mol. The van der Waals surface area contributed by atoms with Crippen LogP contribution in [0.1, 0.15) is 85.2 Å². The van der Waals surface area contributed by atoms with Crippen LogP contribution < -0.4 is 5.73 Å². The SMILES string of the molecule is NCC1CCCc2sc(C3CCCCCCC3)nc21. The summed E-state index contributed by atoms with van der Waals surface area (Å²) < 4.78 is 0. The van der Waals surface area contributed by atoms with Crippen LogP contribution in [0.15, 0.2) is 0 Å². The van der Waals surface area contributed by atoms with Gasteiger partial charge in [0.25, 0.3) is 0 Å². The Balaban J connectivity index is 1.78. The number of nitrogens with zero attached hydrogens (tertiary/aromatic N) is 1. The molecule has 0 saturated heterocycles. The van der Waals surface area contributed by atoms with E-state index in [1.807, 2.05) is 11.3 Å². The van der Waals surface area contributed by atoms with E-state index in [4.69, 9.17) is 10.7 Å². The van der Waals surface area contributed by atoms with E-state index >= 15 is 0 Å². The zero-order valence-electron chi connectivity index (χ0n) is 11.9. The van der Waals surface area contributed by atoms with Gasteiger partial charge in [-0.15, -0.1) is 11.3 Å². The smallest absolute Gasteiger partial charge is 0.0962 e. The van der Waals surface area contributed by atoms with E-state index in [1.54, 1.807) is 4.88 Å². The number of hydrogen-bond acceptors (Lipinski definition) is 3. The average Bonchev–Trinajstić information content (AvgIpc) is 2.81. The topological polar surface area (TPSA) is 38.9 Å². The molecule has 1 fully saturated rings. The number of hydrogen-bond donors (Lipinski definition) is 1. The van der Waals surface area contributed by atoms with Gasteiger partial charge in [-0.3, -0.25) is 0 Å². The third-order valence-electron chi connectivity index (χ3n) is 4.83. The van der Waals surface area contributed by atoms with Crippen molar-refractivity contribution in [1.29, 1.82) is 0 Å². The Labute approximate surface area is 120 Å². The number of nitrogens with two attached hydrogens (primary N) is 1. The number of rotatable bonds is 2. The van der Waals surface area contributed by atoms with Crippen molar-refractivity contribution in [2.75, 3.05) is 6.54 Å². The molecule has 1 atom stereocenters. The number of aromatic nitrogens is 1. The Hall–Kier alpha value is -0.410. The molecular weight excluding hydrogens is 252 g/mol. The van der Waals surface area contributed by atoms with Gasteiger partial charge in [0.1, 0.15) is 0 Å². The Morgan fingerprint density at radius 1 is 1.00 bits per heavy atom. The summed E-state index contributed by atoms with van der Waals surface area (Å²) in [6.07, 6.45) is 13.6. The van der Waals surface area contributed by atoms with Gasteiger partial charge in [-0.05, 0) is 32.1 Å². The molecule has 19 heavy (non-hydrogen) atoms. The van der Waals surface area contributed by atoms with Crippen molar-refractivity contribution in [3.63, 3.8) is 0 Å². The lowest BCUT2D eigenvalue weighted by Gasteiger charge is -2.19. The summed E-state index contributed by atoms with van der Waals surface area (Å²) in [6.45, 7) is 0.779. The molecular formula is C16H26N2S. The summed E-state index contributed by atoms with van der Waals surface area (Å²) in [5.74, 6) is 1.29. The van der Waals surface area contributed by atoms with Gasteiger partial charge >= 0.3 is 0 Å². The van der Waals surface area contributed by atoms with Crippen molar-refractivity contribution < 1.29 is 0 Å². The number of aryl methyl sites for hydroxylation is 1. The minimum absolute atomic E-state index is 0.544. The second kappa shape index (κ2) is 6.36. The van der Waals surface area contributed by atoms with E-state index in [-0.39, 0.29) is 0 Å². The van der Waals surface area contributed by atoms with Gasteiger partial charge in [-0.1, -0.05) is 32.1 Å². The highest BCUT2D eigenvalue weighted by Gasteiger charge is 2.26. The third-order valence-corrected chi connectivity index (χ3v) is 6.12. The lowest BCUT2D eigenvalue weighted by molar-refractivity contribution is 0.453. The Morgan fingerprint density at radius 3 is 2.47 bits per heavy atom. The van der Waals surface area contributed by atoms with E-state index in [0.29, 0.717) is 5.92 Å². The molecule has 2 N–H and O–H groups in total. The molecule has 0 aromatic carbocycles. The van der Waals surface area contributed by atoms with Crippen LogP contribution in [-0.2, 0) is 6.42 Å². The second-order valence-electron chi connectivity index (χ2n) is 6.23. The molecule has 0 bridgehead atoms. The molecule has 2 nitrogen and oxygen atoms in total. The molecule has 0 amide bonds. The van der Waals surface area contributed by atoms with Gasteiger partial charge in [-0.2, -0.15) is 0 Å². The van der Waals surface area contributed by atoms with Crippen LogP contribution in [-0.4, -0.2) is 11.5 Å². The molecule has 2 aliphatic carbocycles. The summed E-state index contributed by atoms with van der Waals surface area (Å²) in [5.41, 5.74) is 7.29. The lowest BCUT2D eigenvalue weighted by Crippen LogP contribution is -2.17. The van der Waals surface area contributed by atoms with Crippen LogP contribution in [0.5, 0.6) is 0 Å². The maximum atomic E-state index is 5.92. The largest absolute Gasteiger partial charge is 0.330 e. The van der Waals surface area contributed by atoms with Crippen molar-refractivity contribution in [3.05, 3.63) is 15.6 Å². The van der Waals surface area contributed by atoms with E-state index < -0.39 is 0 Å². The zero-order valence-corrected chi connectivity index (χ0v) is 12.7. The fraction of sp³-hybridized carbons (Fsp3) is 0.812. The van der Waals surface area contributed by atoms with Crippen LogP contribution in [0.2, 0.25) is 0 Å². The Kier molecular flexibility index (Phi) is 4.54. The lowest BCUT2D eigenvalue weighted by atomic mass is 9.90. The van der Waals surface area contributed by atoms with Crippen molar-refractivity contribution in [1.82, 2.24) is 4.98 Å². The minimum atomic E-state index is 0.544. The summed E-state index contributed by atoms with van der Waals surface area (Å²) in [4.78, 5) is 6.59. The molecule has 0 spiro atoms. The predicted octanol–water partition coefficient (Wildman–Crippen LogP) is 4.35. The van der Waals surface area contributed by atoms with Crippen LogP contribution in [0.4, 0.5) is 0 Å². The second-order valence-corrected chi connectivity index (χ2v) is 7.34. The standard InChI is InChI=1S/C16H26N2S/c17-11-13-9-6-10-14-15(13)18-16(19-14)12-7-4-2-1-3-5-8-12/h12-13H,1-11,17H2. The molecule has 1 heterocycles. The van der Waals surface area contributed by atoms with Gasteiger partial charge in [0.05, 0.1) is 10.7 Å². The van der Waals surface area contributed by atoms with E-state index in [0.717, 1.165) is 12.5 Å². The van der Waals surface area contributed by atoms with Gasteiger partial charge in [0.15, 0.2) is 0 Å². The Morgan fingerprint density at radius 2 is 1.74 bits per heavy atom. The third kappa shape index (κ3) is 3.03. The molecule has 1 saturated carbocycles. The zero-order chi connectivity index (χ0) is 13.1. The first-order valence-corrected chi connectivity index (χ1v) is 8.89. The highest BCUT2D eigenvalue weighted by atomic mass is 32.1. The van der Waals surface area contributed by atoms with Crippen molar-refractivity contribution in [2.45, 2.75) is 76.0 Å². The van der Waals surface area contributed by atoms with Gasteiger partial charge in [-0.25, -0.2) is 4.98 Å². The molecule has 0 radical (unpaired) electrons. The van der Waals surface area contributed by atoms with Crippen molar-refractivity contribution in [2.24, 2.45) is 5.73 Å². The van der Waals surface area contributed by atoms with E-state index in [9.17, 15) is 0 Å². The maximum Gasteiger partial charge on any atom is 0.0962 e. The first-order chi connectivity index (χ1) is 9.38. The molecule has 2 aliphatic rings. The van der Waals surface area contributed by atoms with Gasteiger partial charge in [0.2, 0.25) is 0 Å².